The second kappa shape index (κ2) is 8.39. The van der Waals surface area contributed by atoms with Crippen LogP contribution in [0.25, 0.3) is 0 Å². The quantitative estimate of drug-likeness (QED) is 0.751. The largest absolute Gasteiger partial charge is 0.353 e. The number of nitrogens with zero attached hydrogens (tertiary/aromatic N) is 4. The summed E-state index contributed by atoms with van der Waals surface area (Å²) in [5.41, 5.74) is 1.29. The standard InChI is InChI=1S/C23H24F2N4O/c1-15(17-5-6-20(24)21(25)11-17)2-4-18-10-19-14-28(8-9-29(19)23(18)30)22-7-3-16(12-26)13-27-22/h3,5-7,11,13,15,18-19H,2,4,8-10,14H2,1H3/t15?,18-,19-/m0/s1. The van der Waals surface area contributed by atoms with Crippen LogP contribution in [0.2, 0.25) is 0 Å². The molecule has 5 nitrogen and oxygen atoms in total. The highest BCUT2D eigenvalue weighted by atomic mass is 19.2. The molecule has 7 heteroatoms. The Labute approximate surface area is 174 Å². The second-order valence-corrected chi connectivity index (χ2v) is 8.23. The van der Waals surface area contributed by atoms with Crippen LogP contribution in [0, 0.1) is 28.9 Å². The Balaban J connectivity index is 1.35. The summed E-state index contributed by atoms with van der Waals surface area (Å²) in [6.45, 7) is 4.11. The molecular weight excluding hydrogens is 386 g/mol. The summed E-state index contributed by atoms with van der Waals surface area (Å²) in [5, 5.41) is 8.93. The number of carbonyl (C=O) groups excluding carboxylic acids is 1. The zero-order valence-electron chi connectivity index (χ0n) is 16.9. The van der Waals surface area contributed by atoms with E-state index in [0.717, 1.165) is 49.8 Å². The molecule has 2 aliphatic rings. The van der Waals surface area contributed by atoms with Crippen molar-refractivity contribution in [2.75, 3.05) is 24.5 Å². The smallest absolute Gasteiger partial charge is 0.226 e. The minimum Gasteiger partial charge on any atom is -0.353 e. The molecule has 1 unspecified atom stereocenters. The first-order valence-corrected chi connectivity index (χ1v) is 10.3. The van der Waals surface area contributed by atoms with Crippen LogP contribution in [0.3, 0.4) is 0 Å². The van der Waals surface area contributed by atoms with Gasteiger partial charge in [-0.05, 0) is 55.0 Å². The molecule has 156 valence electrons. The van der Waals surface area contributed by atoms with E-state index in [9.17, 15) is 13.6 Å². The molecule has 0 radical (unpaired) electrons. The van der Waals surface area contributed by atoms with Crippen molar-refractivity contribution >= 4 is 11.7 Å². The molecule has 4 rings (SSSR count). The Morgan fingerprint density at radius 2 is 2.07 bits per heavy atom. The SMILES string of the molecule is CC(CC[C@H]1C[C@H]2CN(c3ccc(C#N)cn3)CCN2C1=O)c1ccc(F)c(F)c1. The molecule has 2 saturated heterocycles. The molecule has 30 heavy (non-hydrogen) atoms. The molecule has 0 aliphatic carbocycles. The van der Waals surface area contributed by atoms with Crippen molar-refractivity contribution < 1.29 is 13.6 Å². The lowest BCUT2D eigenvalue weighted by atomic mass is 9.90. The van der Waals surface area contributed by atoms with Gasteiger partial charge >= 0.3 is 0 Å². The maximum Gasteiger partial charge on any atom is 0.226 e. The van der Waals surface area contributed by atoms with E-state index < -0.39 is 11.6 Å². The number of rotatable bonds is 5. The van der Waals surface area contributed by atoms with E-state index >= 15 is 0 Å². The second-order valence-electron chi connectivity index (χ2n) is 8.23. The van der Waals surface area contributed by atoms with Gasteiger partial charge in [0.25, 0.3) is 0 Å². The first-order valence-electron chi connectivity index (χ1n) is 10.3. The summed E-state index contributed by atoms with van der Waals surface area (Å²) >= 11 is 0. The molecule has 1 amide bonds. The van der Waals surface area contributed by atoms with Gasteiger partial charge in [0.2, 0.25) is 5.91 Å². The van der Waals surface area contributed by atoms with Gasteiger partial charge in [0.15, 0.2) is 11.6 Å². The average molecular weight is 410 g/mol. The lowest BCUT2D eigenvalue weighted by molar-refractivity contribution is -0.132. The Morgan fingerprint density at radius 1 is 1.23 bits per heavy atom. The molecule has 1 aromatic carbocycles. The molecule has 3 atom stereocenters. The number of benzene rings is 1. The monoisotopic (exact) mass is 410 g/mol. The molecule has 0 bridgehead atoms. The van der Waals surface area contributed by atoms with Gasteiger partial charge in [-0.2, -0.15) is 5.26 Å². The summed E-state index contributed by atoms with van der Waals surface area (Å²) in [7, 11) is 0. The van der Waals surface area contributed by atoms with Crippen LogP contribution >= 0.6 is 0 Å². The normalized spacial score (nSPS) is 22.0. The van der Waals surface area contributed by atoms with Crippen LogP contribution in [0.5, 0.6) is 0 Å². The lowest BCUT2D eigenvalue weighted by Gasteiger charge is -2.38. The summed E-state index contributed by atoms with van der Waals surface area (Å²) < 4.78 is 26.7. The predicted octanol–water partition coefficient (Wildman–Crippen LogP) is 3.85. The molecule has 1 aromatic heterocycles. The topological polar surface area (TPSA) is 60.2 Å². The van der Waals surface area contributed by atoms with Gasteiger partial charge in [0, 0.05) is 31.7 Å². The molecule has 3 heterocycles. The highest BCUT2D eigenvalue weighted by molar-refractivity contribution is 5.82. The highest BCUT2D eigenvalue weighted by Gasteiger charge is 2.42. The maximum atomic E-state index is 13.5. The van der Waals surface area contributed by atoms with Crippen molar-refractivity contribution in [1.82, 2.24) is 9.88 Å². The van der Waals surface area contributed by atoms with Gasteiger partial charge in [0.1, 0.15) is 11.9 Å². The number of halogens is 2. The first-order chi connectivity index (χ1) is 14.5. The Hall–Kier alpha value is -3.01. The minimum absolute atomic E-state index is 0.0309. The van der Waals surface area contributed by atoms with E-state index in [1.807, 2.05) is 17.9 Å². The number of hydrogen-bond acceptors (Lipinski definition) is 4. The summed E-state index contributed by atoms with van der Waals surface area (Å²) in [6, 6.07) is 9.88. The number of hydrogen-bond donors (Lipinski definition) is 0. The molecule has 0 N–H and O–H groups in total. The van der Waals surface area contributed by atoms with E-state index in [-0.39, 0.29) is 23.8 Å². The molecule has 2 aromatic rings. The minimum atomic E-state index is -0.838. The zero-order chi connectivity index (χ0) is 21.3. The highest BCUT2D eigenvalue weighted by Crippen LogP contribution is 2.34. The average Bonchev–Trinajstić information content (AvgIpc) is 3.09. The number of anilines is 1. The van der Waals surface area contributed by atoms with Crippen molar-refractivity contribution in [1.29, 1.82) is 5.26 Å². The van der Waals surface area contributed by atoms with E-state index in [1.54, 1.807) is 18.3 Å². The van der Waals surface area contributed by atoms with Gasteiger partial charge in [-0.15, -0.1) is 0 Å². The van der Waals surface area contributed by atoms with Crippen molar-refractivity contribution in [3.05, 3.63) is 59.3 Å². The Kier molecular flexibility index (Phi) is 5.67. The van der Waals surface area contributed by atoms with Crippen molar-refractivity contribution in [3.8, 4) is 6.07 Å². The molecule has 2 aliphatic heterocycles. The van der Waals surface area contributed by atoms with Crippen LogP contribution in [0.4, 0.5) is 14.6 Å². The Morgan fingerprint density at radius 3 is 2.77 bits per heavy atom. The summed E-state index contributed by atoms with van der Waals surface area (Å²) in [5.74, 6) is -0.608. The summed E-state index contributed by atoms with van der Waals surface area (Å²) in [4.78, 5) is 21.4. The zero-order valence-corrected chi connectivity index (χ0v) is 16.9. The van der Waals surface area contributed by atoms with Crippen molar-refractivity contribution in [3.63, 3.8) is 0 Å². The van der Waals surface area contributed by atoms with Crippen LogP contribution in [0.15, 0.2) is 36.5 Å². The van der Waals surface area contributed by atoms with Crippen LogP contribution < -0.4 is 4.90 Å². The van der Waals surface area contributed by atoms with Gasteiger partial charge in [0.05, 0.1) is 11.6 Å². The fourth-order valence-corrected chi connectivity index (χ4v) is 4.54. The van der Waals surface area contributed by atoms with Crippen LogP contribution in [-0.4, -0.2) is 41.5 Å². The number of amides is 1. The molecular formula is C23H24F2N4O. The number of carbonyl (C=O) groups is 1. The van der Waals surface area contributed by atoms with Crippen LogP contribution in [-0.2, 0) is 4.79 Å². The van der Waals surface area contributed by atoms with Crippen molar-refractivity contribution in [2.24, 2.45) is 5.92 Å². The van der Waals surface area contributed by atoms with E-state index in [1.165, 1.54) is 6.07 Å². The van der Waals surface area contributed by atoms with Crippen molar-refractivity contribution in [2.45, 2.75) is 38.1 Å². The third kappa shape index (κ3) is 4.00. The summed E-state index contributed by atoms with van der Waals surface area (Å²) in [6.07, 6.45) is 3.87. The first kappa shape index (κ1) is 20.3. The lowest BCUT2D eigenvalue weighted by Crippen LogP contribution is -2.51. The maximum absolute atomic E-state index is 13.5. The van der Waals surface area contributed by atoms with Crippen LogP contribution in [0.1, 0.15) is 43.2 Å². The molecule has 0 spiro atoms. The number of piperazine rings is 1. The van der Waals surface area contributed by atoms with Gasteiger partial charge in [-0.25, -0.2) is 13.8 Å². The number of nitriles is 1. The number of fused-ring (bicyclic) bond motifs is 1. The van der Waals surface area contributed by atoms with Gasteiger partial charge < -0.3 is 9.80 Å². The number of pyridine rings is 1. The fourth-order valence-electron chi connectivity index (χ4n) is 4.54. The fraction of sp³-hybridized carbons (Fsp3) is 0.435. The van der Waals surface area contributed by atoms with E-state index in [4.69, 9.17) is 5.26 Å². The van der Waals surface area contributed by atoms with Gasteiger partial charge in [-0.3, -0.25) is 4.79 Å². The Bertz CT molecular complexity index is 972. The van der Waals surface area contributed by atoms with E-state index in [0.29, 0.717) is 12.1 Å². The van der Waals surface area contributed by atoms with Gasteiger partial charge in [-0.1, -0.05) is 13.0 Å². The number of aromatic nitrogens is 1. The molecule has 2 fully saturated rings. The predicted molar refractivity (Wildman–Crippen MR) is 109 cm³/mol. The third-order valence-electron chi connectivity index (χ3n) is 6.33. The van der Waals surface area contributed by atoms with E-state index in [2.05, 4.69) is 16.0 Å². The molecule has 0 saturated carbocycles. The third-order valence-corrected chi connectivity index (χ3v) is 6.33.